The van der Waals surface area contributed by atoms with Crippen LogP contribution in [0, 0.1) is 0 Å². The van der Waals surface area contributed by atoms with Crippen LogP contribution in [-0.4, -0.2) is 22.8 Å². The van der Waals surface area contributed by atoms with E-state index < -0.39 is 0 Å². The summed E-state index contributed by atoms with van der Waals surface area (Å²) < 4.78 is 6.68. The number of nitrogens with zero attached hydrogens (tertiary/aromatic N) is 2. The molecule has 0 aliphatic carbocycles. The van der Waals surface area contributed by atoms with Gasteiger partial charge in [0.1, 0.15) is 11.6 Å². The molecule has 0 saturated carbocycles. The molecule has 2 aromatic rings. The molecule has 0 aliphatic rings. The molecule has 0 atom stereocenters. The summed E-state index contributed by atoms with van der Waals surface area (Å²) in [6.45, 7) is 0.404. The van der Waals surface area contributed by atoms with Gasteiger partial charge in [-0.2, -0.15) is 5.10 Å². The Morgan fingerprint density at radius 3 is 2.67 bits per heavy atom. The van der Waals surface area contributed by atoms with Gasteiger partial charge in [0.2, 0.25) is 5.91 Å². The molecular formula is C15H20N4O2. The first-order chi connectivity index (χ1) is 10.1. The third-order valence-electron chi connectivity index (χ3n) is 3.34. The molecule has 0 spiro atoms. The van der Waals surface area contributed by atoms with Gasteiger partial charge in [-0.3, -0.25) is 9.48 Å². The first kappa shape index (κ1) is 14.9. The van der Waals surface area contributed by atoms with Crippen molar-refractivity contribution in [3.63, 3.8) is 0 Å². The van der Waals surface area contributed by atoms with E-state index >= 15 is 0 Å². The number of aryl methyl sites for hydroxylation is 2. The number of aromatic nitrogens is 2. The number of benzene rings is 1. The monoisotopic (exact) mass is 288 g/mol. The van der Waals surface area contributed by atoms with E-state index in [1.807, 2.05) is 24.3 Å². The molecule has 1 amide bonds. The minimum Gasteiger partial charge on any atom is -0.497 e. The third-order valence-corrected chi connectivity index (χ3v) is 3.34. The molecule has 1 aromatic heterocycles. The van der Waals surface area contributed by atoms with Crippen molar-refractivity contribution in [2.24, 2.45) is 7.05 Å². The predicted octanol–water partition coefficient (Wildman–Crippen LogP) is 1.26. The number of ether oxygens (including phenoxy) is 1. The lowest BCUT2D eigenvalue weighted by atomic mass is 10.1. The lowest BCUT2D eigenvalue weighted by molar-refractivity contribution is -0.121. The van der Waals surface area contributed by atoms with Crippen molar-refractivity contribution in [2.45, 2.75) is 19.4 Å². The summed E-state index contributed by atoms with van der Waals surface area (Å²) in [5, 5.41) is 6.88. The Morgan fingerprint density at radius 1 is 1.38 bits per heavy atom. The van der Waals surface area contributed by atoms with Gasteiger partial charge in [-0.25, -0.2) is 0 Å². The quantitative estimate of drug-likeness (QED) is 0.838. The summed E-state index contributed by atoms with van der Waals surface area (Å²) in [5.41, 5.74) is 7.75. The summed E-state index contributed by atoms with van der Waals surface area (Å²) in [6.07, 6.45) is 2.80. The Labute approximate surface area is 123 Å². The van der Waals surface area contributed by atoms with Crippen LogP contribution < -0.4 is 15.8 Å². The molecular weight excluding hydrogens is 268 g/mol. The van der Waals surface area contributed by atoms with Crippen LogP contribution in [0.1, 0.15) is 17.5 Å². The maximum absolute atomic E-state index is 11.8. The number of carbonyl (C=O) groups is 1. The third kappa shape index (κ3) is 3.98. The highest BCUT2D eigenvalue weighted by molar-refractivity contribution is 5.76. The molecule has 2 rings (SSSR count). The number of rotatable bonds is 6. The predicted molar refractivity (Wildman–Crippen MR) is 80.8 cm³/mol. The van der Waals surface area contributed by atoms with Gasteiger partial charge < -0.3 is 15.8 Å². The fourth-order valence-corrected chi connectivity index (χ4v) is 1.96. The summed E-state index contributed by atoms with van der Waals surface area (Å²) in [7, 11) is 3.40. The normalized spacial score (nSPS) is 10.4. The van der Waals surface area contributed by atoms with Crippen LogP contribution in [-0.2, 0) is 24.8 Å². The number of anilines is 1. The first-order valence-corrected chi connectivity index (χ1v) is 6.76. The van der Waals surface area contributed by atoms with E-state index in [0.29, 0.717) is 25.2 Å². The van der Waals surface area contributed by atoms with Crippen LogP contribution in [0.15, 0.2) is 30.5 Å². The van der Waals surface area contributed by atoms with Crippen LogP contribution in [0.5, 0.6) is 5.75 Å². The van der Waals surface area contributed by atoms with Crippen molar-refractivity contribution in [1.82, 2.24) is 15.1 Å². The molecule has 1 aromatic carbocycles. The van der Waals surface area contributed by atoms with Crippen LogP contribution in [0.25, 0.3) is 0 Å². The van der Waals surface area contributed by atoms with E-state index in [1.165, 1.54) is 0 Å². The largest absolute Gasteiger partial charge is 0.497 e. The molecule has 0 bridgehead atoms. The van der Waals surface area contributed by atoms with Gasteiger partial charge in [0.25, 0.3) is 0 Å². The second-order valence-corrected chi connectivity index (χ2v) is 4.80. The molecule has 6 nitrogen and oxygen atoms in total. The average Bonchev–Trinajstić information content (AvgIpc) is 2.83. The summed E-state index contributed by atoms with van der Waals surface area (Å²) in [5.74, 6) is 1.38. The Kier molecular flexibility index (Phi) is 4.81. The van der Waals surface area contributed by atoms with Crippen molar-refractivity contribution in [2.75, 3.05) is 12.8 Å². The maximum atomic E-state index is 11.8. The topological polar surface area (TPSA) is 82.2 Å². The van der Waals surface area contributed by atoms with Crippen LogP contribution in [0.3, 0.4) is 0 Å². The van der Waals surface area contributed by atoms with Crippen molar-refractivity contribution >= 4 is 11.7 Å². The molecule has 0 aliphatic heterocycles. The molecule has 6 heteroatoms. The smallest absolute Gasteiger partial charge is 0.220 e. The summed E-state index contributed by atoms with van der Waals surface area (Å²) in [6, 6.07) is 7.71. The molecule has 0 saturated heterocycles. The first-order valence-electron chi connectivity index (χ1n) is 6.76. The van der Waals surface area contributed by atoms with Gasteiger partial charge in [0.15, 0.2) is 0 Å². The van der Waals surface area contributed by atoms with Crippen molar-refractivity contribution in [1.29, 1.82) is 0 Å². The molecule has 0 fully saturated rings. The highest BCUT2D eigenvalue weighted by Crippen LogP contribution is 2.13. The minimum absolute atomic E-state index is 0.00549. The fraction of sp³-hybridized carbons (Fsp3) is 0.333. The van der Waals surface area contributed by atoms with E-state index in [-0.39, 0.29) is 5.91 Å². The molecule has 0 radical (unpaired) electrons. The number of hydrogen-bond donors (Lipinski definition) is 2. The number of nitrogen functional groups attached to an aromatic ring is 1. The summed E-state index contributed by atoms with van der Waals surface area (Å²) >= 11 is 0. The highest BCUT2D eigenvalue weighted by Gasteiger charge is 2.07. The standard InChI is InChI=1S/C15H20N4O2/c1-19-15(16)12(10-18-19)9-17-14(20)8-5-11-3-6-13(21-2)7-4-11/h3-4,6-7,10H,5,8-9,16H2,1-2H3,(H,17,20). The minimum atomic E-state index is -0.00549. The van der Waals surface area contributed by atoms with Crippen molar-refractivity contribution in [3.05, 3.63) is 41.6 Å². The average molecular weight is 288 g/mol. The van der Waals surface area contributed by atoms with Crippen LogP contribution >= 0.6 is 0 Å². The lowest BCUT2D eigenvalue weighted by Crippen LogP contribution is -2.23. The molecule has 112 valence electrons. The van der Waals surface area contributed by atoms with Crippen LogP contribution in [0.2, 0.25) is 0 Å². The molecule has 3 N–H and O–H groups in total. The lowest BCUT2D eigenvalue weighted by Gasteiger charge is -2.06. The van der Waals surface area contributed by atoms with Gasteiger partial charge in [-0.05, 0) is 24.1 Å². The number of nitrogens with two attached hydrogens (primary N) is 1. The van der Waals surface area contributed by atoms with Crippen molar-refractivity contribution < 1.29 is 9.53 Å². The zero-order valence-corrected chi connectivity index (χ0v) is 12.3. The Hall–Kier alpha value is -2.50. The second kappa shape index (κ2) is 6.78. The zero-order valence-electron chi connectivity index (χ0n) is 12.3. The van der Waals surface area contributed by atoms with E-state index in [1.54, 1.807) is 25.0 Å². The maximum Gasteiger partial charge on any atom is 0.220 e. The SMILES string of the molecule is COc1ccc(CCC(=O)NCc2cnn(C)c2N)cc1. The molecule has 0 unspecified atom stereocenters. The van der Waals surface area contributed by atoms with Gasteiger partial charge >= 0.3 is 0 Å². The number of carbonyl (C=O) groups excluding carboxylic acids is 1. The van der Waals surface area contributed by atoms with E-state index in [2.05, 4.69) is 10.4 Å². The molecule has 21 heavy (non-hydrogen) atoms. The number of amides is 1. The van der Waals surface area contributed by atoms with Crippen molar-refractivity contribution in [3.8, 4) is 5.75 Å². The van der Waals surface area contributed by atoms with Gasteiger partial charge in [-0.15, -0.1) is 0 Å². The number of methoxy groups -OCH3 is 1. The van der Waals surface area contributed by atoms with E-state index in [0.717, 1.165) is 16.9 Å². The van der Waals surface area contributed by atoms with E-state index in [9.17, 15) is 4.79 Å². The Bertz CT molecular complexity index is 605. The number of hydrogen-bond acceptors (Lipinski definition) is 4. The zero-order chi connectivity index (χ0) is 15.2. The van der Waals surface area contributed by atoms with E-state index in [4.69, 9.17) is 10.5 Å². The van der Waals surface area contributed by atoms with Crippen LogP contribution in [0.4, 0.5) is 5.82 Å². The van der Waals surface area contributed by atoms with Gasteiger partial charge in [0.05, 0.1) is 13.3 Å². The Balaban J connectivity index is 1.78. The van der Waals surface area contributed by atoms with Gasteiger partial charge in [-0.1, -0.05) is 12.1 Å². The Morgan fingerprint density at radius 2 is 2.10 bits per heavy atom. The number of nitrogens with one attached hydrogen (secondary N) is 1. The second-order valence-electron chi connectivity index (χ2n) is 4.80. The summed E-state index contributed by atoms with van der Waals surface area (Å²) in [4.78, 5) is 11.8. The fourth-order valence-electron chi connectivity index (χ4n) is 1.96. The van der Waals surface area contributed by atoms with Gasteiger partial charge in [0, 0.05) is 25.6 Å². The molecule has 1 heterocycles. The highest BCUT2D eigenvalue weighted by atomic mass is 16.5.